The predicted molar refractivity (Wildman–Crippen MR) is 78.0 cm³/mol. The first kappa shape index (κ1) is 13.4. The molecular weight excluding hydrogens is 247 g/mol. The topological polar surface area (TPSA) is 24.4 Å². The number of halogens is 1. The summed E-state index contributed by atoms with van der Waals surface area (Å²) < 4.78 is 13.2. The van der Waals surface area contributed by atoms with E-state index >= 15 is 0 Å². The van der Waals surface area contributed by atoms with Gasteiger partial charge in [-0.15, -0.1) is 0 Å². The summed E-state index contributed by atoms with van der Waals surface area (Å²) in [6.45, 7) is 6.31. The molecule has 2 rings (SSSR count). The van der Waals surface area contributed by atoms with Gasteiger partial charge in [-0.2, -0.15) is 0 Å². The maximum Gasteiger partial charge on any atom is 0.161 e. The van der Waals surface area contributed by atoms with Crippen LogP contribution in [0.3, 0.4) is 0 Å². The van der Waals surface area contributed by atoms with Crippen molar-refractivity contribution in [3.05, 3.63) is 29.6 Å². The molecule has 0 bridgehead atoms. The van der Waals surface area contributed by atoms with Crippen molar-refractivity contribution in [1.82, 2.24) is 0 Å². The van der Waals surface area contributed by atoms with Crippen LogP contribution in [0, 0.1) is 12.7 Å². The molecule has 1 aromatic rings. The summed E-state index contributed by atoms with van der Waals surface area (Å²) in [6, 6.07) is 4.79. The number of nitrogens with zero attached hydrogens (tertiary/aromatic N) is 1. The van der Waals surface area contributed by atoms with Crippen LogP contribution in [0.25, 0.3) is 0 Å². The van der Waals surface area contributed by atoms with Gasteiger partial charge in [0.2, 0.25) is 0 Å². The van der Waals surface area contributed by atoms with E-state index in [1.54, 1.807) is 17.8 Å². The zero-order chi connectivity index (χ0) is 13.2. The zero-order valence-electron chi connectivity index (χ0n) is 11.1. The second-order valence-corrected chi connectivity index (χ2v) is 5.69. The van der Waals surface area contributed by atoms with E-state index in [1.165, 1.54) is 12.1 Å². The van der Waals surface area contributed by atoms with E-state index in [9.17, 15) is 4.39 Å². The second-order valence-electron chi connectivity index (χ2n) is 4.72. The first-order valence-corrected chi connectivity index (χ1v) is 7.33. The Morgan fingerprint density at radius 3 is 2.72 bits per heavy atom. The van der Waals surface area contributed by atoms with Gasteiger partial charge in [-0.05, 0) is 37.5 Å². The van der Waals surface area contributed by atoms with Gasteiger partial charge >= 0.3 is 0 Å². The first-order chi connectivity index (χ1) is 8.58. The molecule has 0 unspecified atom stereocenters. The number of anilines is 1. The van der Waals surface area contributed by atoms with E-state index in [2.05, 4.69) is 19.2 Å². The number of nitrogens with one attached hydrogen (secondary N) is 1. The molecule has 1 aliphatic heterocycles. The lowest BCUT2D eigenvalue weighted by Crippen LogP contribution is -2.24. The quantitative estimate of drug-likeness (QED) is 0.886. The maximum atomic E-state index is 13.2. The van der Waals surface area contributed by atoms with Crippen molar-refractivity contribution < 1.29 is 4.39 Å². The highest BCUT2D eigenvalue weighted by atomic mass is 32.2. The Labute approximate surface area is 112 Å². The Morgan fingerprint density at radius 2 is 2.11 bits per heavy atom. The van der Waals surface area contributed by atoms with E-state index in [1.807, 2.05) is 6.92 Å². The summed E-state index contributed by atoms with van der Waals surface area (Å²) in [7, 11) is 0. The van der Waals surface area contributed by atoms with Crippen molar-refractivity contribution in [1.29, 1.82) is 0 Å². The fraction of sp³-hybridized carbons (Fsp3) is 0.500. The number of hydrogen-bond acceptors (Lipinski definition) is 3. The fourth-order valence-corrected chi connectivity index (χ4v) is 3.32. The summed E-state index contributed by atoms with van der Waals surface area (Å²) in [4.78, 5) is 4.77. The first-order valence-electron chi connectivity index (χ1n) is 6.34. The molecule has 0 saturated heterocycles. The van der Waals surface area contributed by atoms with E-state index in [0.29, 0.717) is 0 Å². The molecule has 98 valence electrons. The third-order valence-electron chi connectivity index (χ3n) is 3.57. The van der Waals surface area contributed by atoms with Crippen LogP contribution < -0.4 is 5.32 Å². The molecule has 0 fully saturated rings. The van der Waals surface area contributed by atoms with Gasteiger partial charge in [0.25, 0.3) is 0 Å². The van der Waals surface area contributed by atoms with E-state index in [0.717, 1.165) is 35.0 Å². The molecule has 2 nitrogen and oxygen atoms in total. The summed E-state index contributed by atoms with van der Waals surface area (Å²) in [5.41, 5.74) is 1.91. The van der Waals surface area contributed by atoms with Crippen LogP contribution in [0.4, 0.5) is 10.1 Å². The van der Waals surface area contributed by atoms with Crippen molar-refractivity contribution in [3.63, 3.8) is 0 Å². The van der Waals surface area contributed by atoms with Crippen LogP contribution in [0.5, 0.6) is 0 Å². The van der Waals surface area contributed by atoms with Crippen molar-refractivity contribution in [3.8, 4) is 0 Å². The van der Waals surface area contributed by atoms with Gasteiger partial charge < -0.3 is 5.32 Å². The molecule has 0 aliphatic carbocycles. The number of rotatable bonds is 3. The molecule has 0 atom stereocenters. The van der Waals surface area contributed by atoms with Gasteiger partial charge in [-0.1, -0.05) is 31.7 Å². The number of thioether (sulfide) groups is 1. The Hall–Kier alpha value is -1.03. The average molecular weight is 266 g/mol. The Kier molecular flexibility index (Phi) is 3.95. The van der Waals surface area contributed by atoms with Crippen molar-refractivity contribution in [2.24, 2.45) is 4.99 Å². The second kappa shape index (κ2) is 5.31. The number of hydrogen-bond donors (Lipinski definition) is 1. The standard InChI is InChI=1S/C14H19FN2S/c1-4-14(5-2)9-18-13(17-14)16-12-8-11(15)7-6-10(12)3/h6-8H,4-5,9H2,1-3H3,(H,16,17). The highest BCUT2D eigenvalue weighted by molar-refractivity contribution is 8.14. The highest BCUT2D eigenvalue weighted by Crippen LogP contribution is 2.34. The molecule has 1 heterocycles. The summed E-state index contributed by atoms with van der Waals surface area (Å²) in [5, 5.41) is 4.16. The molecule has 0 radical (unpaired) electrons. The summed E-state index contributed by atoms with van der Waals surface area (Å²) in [6.07, 6.45) is 2.09. The third-order valence-corrected chi connectivity index (χ3v) is 4.72. The molecule has 1 aliphatic rings. The van der Waals surface area contributed by atoms with Gasteiger partial charge in [0.15, 0.2) is 5.17 Å². The number of aliphatic imine (C=N–C) groups is 1. The molecule has 0 amide bonds. The minimum atomic E-state index is -0.219. The number of amidine groups is 1. The van der Waals surface area contributed by atoms with Crippen molar-refractivity contribution in [2.45, 2.75) is 39.2 Å². The monoisotopic (exact) mass is 266 g/mol. The molecule has 4 heteroatoms. The molecule has 0 aromatic heterocycles. The van der Waals surface area contributed by atoms with Crippen LogP contribution in [0.15, 0.2) is 23.2 Å². The number of aryl methyl sites for hydroxylation is 1. The average Bonchev–Trinajstić information content (AvgIpc) is 2.78. The lowest BCUT2D eigenvalue weighted by atomic mass is 9.97. The van der Waals surface area contributed by atoms with Crippen molar-refractivity contribution >= 4 is 22.6 Å². The van der Waals surface area contributed by atoms with Crippen molar-refractivity contribution in [2.75, 3.05) is 11.1 Å². The maximum absolute atomic E-state index is 13.2. The third kappa shape index (κ3) is 2.69. The van der Waals surface area contributed by atoms with Crippen LogP contribution in [-0.2, 0) is 0 Å². The zero-order valence-corrected chi connectivity index (χ0v) is 11.9. The Bertz CT molecular complexity index is 467. The van der Waals surface area contributed by atoms with Gasteiger partial charge in [-0.3, -0.25) is 4.99 Å². The van der Waals surface area contributed by atoms with Crippen LogP contribution >= 0.6 is 11.8 Å². The van der Waals surface area contributed by atoms with Gasteiger partial charge in [0.1, 0.15) is 5.82 Å². The molecule has 18 heavy (non-hydrogen) atoms. The Balaban J connectivity index is 2.18. The van der Waals surface area contributed by atoms with Crippen LogP contribution in [0.2, 0.25) is 0 Å². The largest absolute Gasteiger partial charge is 0.335 e. The normalized spacial score (nSPS) is 17.7. The lowest BCUT2D eigenvalue weighted by molar-refractivity contribution is 0.456. The fourth-order valence-electron chi connectivity index (χ4n) is 2.00. The van der Waals surface area contributed by atoms with E-state index in [4.69, 9.17) is 4.99 Å². The number of benzene rings is 1. The molecule has 1 aromatic carbocycles. The van der Waals surface area contributed by atoms with Gasteiger partial charge in [-0.25, -0.2) is 4.39 Å². The van der Waals surface area contributed by atoms with Gasteiger partial charge in [0.05, 0.1) is 5.54 Å². The minimum Gasteiger partial charge on any atom is -0.335 e. The summed E-state index contributed by atoms with van der Waals surface area (Å²) >= 11 is 1.72. The van der Waals surface area contributed by atoms with E-state index < -0.39 is 0 Å². The van der Waals surface area contributed by atoms with Crippen LogP contribution in [-0.4, -0.2) is 16.5 Å². The molecule has 1 N–H and O–H groups in total. The molecule has 0 saturated carbocycles. The molecule has 0 spiro atoms. The van der Waals surface area contributed by atoms with E-state index in [-0.39, 0.29) is 11.4 Å². The lowest BCUT2D eigenvalue weighted by Gasteiger charge is -2.20. The predicted octanol–water partition coefficient (Wildman–Crippen LogP) is 4.21. The van der Waals surface area contributed by atoms with Crippen LogP contribution in [0.1, 0.15) is 32.3 Å². The smallest absolute Gasteiger partial charge is 0.161 e. The van der Waals surface area contributed by atoms with Gasteiger partial charge in [0, 0.05) is 11.4 Å². The minimum absolute atomic E-state index is 0.0637. The Morgan fingerprint density at radius 1 is 1.39 bits per heavy atom. The molecular formula is C14H19FN2S. The highest BCUT2D eigenvalue weighted by Gasteiger charge is 2.32. The SMILES string of the molecule is CCC1(CC)CSC(Nc2cc(F)ccc2C)=N1. The summed E-state index contributed by atoms with van der Waals surface area (Å²) in [5.74, 6) is 0.792.